The minimum absolute atomic E-state index is 0.642. The fraction of sp³-hybridized carbons (Fsp3) is 0.533. The molecule has 2 rings (SSSR count). The van der Waals surface area contributed by atoms with Crippen LogP contribution in [0.4, 0.5) is 5.69 Å². The molecule has 96 valence electrons. The van der Waals surface area contributed by atoms with Crippen LogP contribution in [0.5, 0.6) is 0 Å². The third-order valence-electron chi connectivity index (χ3n) is 3.83. The zero-order valence-corrected chi connectivity index (χ0v) is 11.3. The average molecular weight is 243 g/mol. The Labute approximate surface area is 110 Å². The van der Waals surface area contributed by atoms with E-state index in [2.05, 4.69) is 47.9 Å². The highest BCUT2D eigenvalue weighted by molar-refractivity contribution is 5.56. The zero-order chi connectivity index (χ0) is 13.0. The Morgan fingerprint density at radius 1 is 1.17 bits per heavy atom. The summed E-state index contributed by atoms with van der Waals surface area (Å²) in [6.45, 7) is 9.54. The summed E-state index contributed by atoms with van der Waals surface area (Å²) in [5.74, 6) is 0. The van der Waals surface area contributed by atoms with Crippen molar-refractivity contribution in [1.29, 1.82) is 5.26 Å². The van der Waals surface area contributed by atoms with Crippen LogP contribution in [0.15, 0.2) is 18.2 Å². The number of benzene rings is 1. The molecule has 0 radical (unpaired) electrons. The Morgan fingerprint density at radius 2 is 1.89 bits per heavy atom. The van der Waals surface area contributed by atoms with Crippen LogP contribution in [0.2, 0.25) is 0 Å². The molecular formula is C15H21N3. The first-order chi connectivity index (χ1) is 8.72. The van der Waals surface area contributed by atoms with Crippen LogP contribution in [0.3, 0.4) is 0 Å². The third kappa shape index (κ3) is 2.83. The van der Waals surface area contributed by atoms with Crippen LogP contribution in [0.1, 0.15) is 17.5 Å². The van der Waals surface area contributed by atoms with Gasteiger partial charge in [0.15, 0.2) is 0 Å². The minimum Gasteiger partial charge on any atom is -0.369 e. The molecule has 0 saturated carbocycles. The lowest BCUT2D eigenvalue weighted by Crippen LogP contribution is -2.46. The van der Waals surface area contributed by atoms with Crippen molar-refractivity contribution in [2.75, 3.05) is 37.6 Å². The highest BCUT2D eigenvalue weighted by Gasteiger charge is 2.18. The van der Waals surface area contributed by atoms with Gasteiger partial charge in [-0.15, -0.1) is 0 Å². The maximum absolute atomic E-state index is 8.61. The lowest BCUT2D eigenvalue weighted by Gasteiger charge is -2.36. The average Bonchev–Trinajstić information content (AvgIpc) is 2.40. The molecule has 3 nitrogen and oxygen atoms in total. The number of hydrogen-bond acceptors (Lipinski definition) is 3. The summed E-state index contributed by atoms with van der Waals surface area (Å²) < 4.78 is 0. The number of rotatable bonds is 3. The van der Waals surface area contributed by atoms with Gasteiger partial charge in [0.2, 0.25) is 0 Å². The molecule has 0 unspecified atom stereocenters. The van der Waals surface area contributed by atoms with E-state index >= 15 is 0 Å². The Bertz CT molecular complexity index is 440. The second kappa shape index (κ2) is 5.88. The molecule has 0 amide bonds. The molecule has 1 aromatic carbocycles. The van der Waals surface area contributed by atoms with Crippen molar-refractivity contribution in [2.45, 2.75) is 20.3 Å². The standard InChI is InChI=1S/C15H21N3/c1-13-5-3-6-15(14(13)2)18-11-9-17(10-12-18)8-4-7-16/h3,5-6H,4,8-12H2,1-2H3. The summed E-state index contributed by atoms with van der Waals surface area (Å²) in [5.41, 5.74) is 4.12. The van der Waals surface area contributed by atoms with Gasteiger partial charge in [-0.25, -0.2) is 0 Å². The van der Waals surface area contributed by atoms with E-state index in [9.17, 15) is 0 Å². The van der Waals surface area contributed by atoms with Crippen LogP contribution >= 0.6 is 0 Å². The predicted octanol–water partition coefficient (Wildman–Crippen LogP) is 2.34. The van der Waals surface area contributed by atoms with Gasteiger partial charge in [-0.2, -0.15) is 5.26 Å². The molecule has 18 heavy (non-hydrogen) atoms. The molecule has 0 spiro atoms. The Hall–Kier alpha value is -1.53. The lowest BCUT2D eigenvalue weighted by molar-refractivity contribution is 0.263. The van der Waals surface area contributed by atoms with Gasteiger partial charge in [0.05, 0.1) is 6.07 Å². The molecule has 1 saturated heterocycles. The van der Waals surface area contributed by atoms with Crippen LogP contribution in [0.25, 0.3) is 0 Å². The van der Waals surface area contributed by atoms with E-state index in [1.807, 2.05) is 0 Å². The first kappa shape index (κ1) is 12.9. The number of anilines is 1. The van der Waals surface area contributed by atoms with Crippen molar-refractivity contribution >= 4 is 5.69 Å². The smallest absolute Gasteiger partial charge is 0.0635 e. The first-order valence-electron chi connectivity index (χ1n) is 6.63. The summed E-state index contributed by atoms with van der Waals surface area (Å²) in [5, 5.41) is 8.61. The normalized spacial score (nSPS) is 16.6. The van der Waals surface area contributed by atoms with Crippen molar-refractivity contribution in [1.82, 2.24) is 4.90 Å². The number of nitriles is 1. The number of piperazine rings is 1. The van der Waals surface area contributed by atoms with Gasteiger partial charge in [-0.1, -0.05) is 12.1 Å². The van der Waals surface area contributed by atoms with Gasteiger partial charge in [0.1, 0.15) is 0 Å². The second-order valence-electron chi connectivity index (χ2n) is 4.96. The molecule has 0 atom stereocenters. The molecular weight excluding hydrogens is 222 g/mol. The fourth-order valence-electron chi connectivity index (χ4n) is 2.50. The van der Waals surface area contributed by atoms with Crippen LogP contribution in [0, 0.1) is 25.2 Å². The molecule has 1 aliphatic heterocycles. The molecule has 0 N–H and O–H groups in total. The van der Waals surface area contributed by atoms with E-state index in [0.717, 1.165) is 32.7 Å². The van der Waals surface area contributed by atoms with E-state index in [1.54, 1.807) is 0 Å². The number of nitrogens with zero attached hydrogens (tertiary/aromatic N) is 3. The van der Waals surface area contributed by atoms with Gasteiger partial charge >= 0.3 is 0 Å². The van der Waals surface area contributed by atoms with E-state index in [0.29, 0.717) is 6.42 Å². The van der Waals surface area contributed by atoms with Crippen molar-refractivity contribution in [3.63, 3.8) is 0 Å². The molecule has 1 aromatic rings. The minimum atomic E-state index is 0.642. The van der Waals surface area contributed by atoms with Gasteiger partial charge in [0.25, 0.3) is 0 Å². The van der Waals surface area contributed by atoms with Crippen molar-refractivity contribution in [3.8, 4) is 6.07 Å². The maximum atomic E-state index is 8.61. The third-order valence-corrected chi connectivity index (χ3v) is 3.83. The summed E-state index contributed by atoms with van der Waals surface area (Å²) >= 11 is 0. The predicted molar refractivity (Wildman–Crippen MR) is 74.8 cm³/mol. The highest BCUT2D eigenvalue weighted by Crippen LogP contribution is 2.23. The fourth-order valence-corrected chi connectivity index (χ4v) is 2.50. The largest absolute Gasteiger partial charge is 0.369 e. The molecule has 1 heterocycles. The molecule has 0 bridgehead atoms. The molecule has 0 aromatic heterocycles. The van der Waals surface area contributed by atoms with Crippen LogP contribution in [-0.4, -0.2) is 37.6 Å². The van der Waals surface area contributed by atoms with Gasteiger partial charge in [-0.3, -0.25) is 4.90 Å². The highest BCUT2D eigenvalue weighted by atomic mass is 15.3. The summed E-state index contributed by atoms with van der Waals surface area (Å²) in [4.78, 5) is 4.84. The van der Waals surface area contributed by atoms with E-state index < -0.39 is 0 Å². The number of aryl methyl sites for hydroxylation is 1. The zero-order valence-electron chi connectivity index (χ0n) is 11.3. The molecule has 0 aliphatic carbocycles. The topological polar surface area (TPSA) is 30.3 Å². The van der Waals surface area contributed by atoms with Gasteiger partial charge < -0.3 is 4.90 Å². The summed E-state index contributed by atoms with van der Waals surface area (Å²) in [7, 11) is 0. The Morgan fingerprint density at radius 3 is 2.56 bits per heavy atom. The summed E-state index contributed by atoms with van der Waals surface area (Å²) in [6, 6.07) is 8.74. The van der Waals surface area contributed by atoms with E-state index in [4.69, 9.17) is 5.26 Å². The monoisotopic (exact) mass is 243 g/mol. The maximum Gasteiger partial charge on any atom is 0.0635 e. The molecule has 3 heteroatoms. The van der Waals surface area contributed by atoms with Crippen molar-refractivity contribution in [3.05, 3.63) is 29.3 Å². The quantitative estimate of drug-likeness (QED) is 0.816. The molecule has 1 fully saturated rings. The Balaban J connectivity index is 1.97. The van der Waals surface area contributed by atoms with Crippen molar-refractivity contribution < 1.29 is 0 Å². The van der Waals surface area contributed by atoms with Gasteiger partial charge in [0, 0.05) is 44.8 Å². The van der Waals surface area contributed by atoms with Gasteiger partial charge in [-0.05, 0) is 31.0 Å². The van der Waals surface area contributed by atoms with Crippen molar-refractivity contribution in [2.24, 2.45) is 0 Å². The lowest BCUT2D eigenvalue weighted by atomic mass is 10.1. The van der Waals surface area contributed by atoms with E-state index in [-0.39, 0.29) is 0 Å². The summed E-state index contributed by atoms with van der Waals surface area (Å²) in [6.07, 6.45) is 0.642. The first-order valence-corrected chi connectivity index (χ1v) is 6.63. The van der Waals surface area contributed by atoms with E-state index in [1.165, 1.54) is 16.8 Å². The SMILES string of the molecule is Cc1cccc(N2CCN(CCC#N)CC2)c1C. The van der Waals surface area contributed by atoms with Crippen LogP contribution < -0.4 is 4.90 Å². The number of hydrogen-bond donors (Lipinski definition) is 0. The molecule has 1 aliphatic rings. The second-order valence-corrected chi connectivity index (χ2v) is 4.96. The van der Waals surface area contributed by atoms with Crippen LogP contribution in [-0.2, 0) is 0 Å². The Kier molecular flexibility index (Phi) is 4.22.